The lowest BCUT2D eigenvalue weighted by Crippen LogP contribution is -2.18. The van der Waals surface area contributed by atoms with Crippen molar-refractivity contribution in [1.29, 1.82) is 0 Å². The van der Waals surface area contributed by atoms with Crippen molar-refractivity contribution in [2.75, 3.05) is 11.1 Å². The summed E-state index contributed by atoms with van der Waals surface area (Å²) in [5, 5.41) is 3.67. The lowest BCUT2D eigenvalue weighted by atomic mass is 10.0. The smallest absolute Gasteiger partial charge is 0.0346 e. The Bertz CT molecular complexity index is 420. The van der Waals surface area contributed by atoms with Gasteiger partial charge in [0.05, 0.1) is 0 Å². The summed E-state index contributed by atoms with van der Waals surface area (Å²) < 4.78 is 0. The number of unbranched alkanes of at least 4 members (excludes halogenated alkanes) is 8. The van der Waals surface area contributed by atoms with E-state index in [1.807, 2.05) is 6.07 Å². The Morgan fingerprint density at radius 1 is 0.917 bits per heavy atom. The van der Waals surface area contributed by atoms with Gasteiger partial charge in [0.2, 0.25) is 0 Å². The molecular formula is C21H39ClN2. The molecule has 0 amide bonds. The van der Waals surface area contributed by atoms with Crippen LogP contribution in [0.1, 0.15) is 90.0 Å². The maximum absolute atomic E-state index is 5.89. The van der Waals surface area contributed by atoms with E-state index in [4.69, 9.17) is 5.73 Å². The first-order chi connectivity index (χ1) is 11.2. The number of nitrogens with two attached hydrogens (primary N) is 1. The summed E-state index contributed by atoms with van der Waals surface area (Å²) in [6.07, 6.45) is 15.1. The second-order valence-electron chi connectivity index (χ2n) is 6.94. The molecule has 1 atom stereocenters. The van der Waals surface area contributed by atoms with Gasteiger partial charge in [0.25, 0.3) is 0 Å². The van der Waals surface area contributed by atoms with Crippen LogP contribution in [-0.2, 0) is 0 Å². The predicted molar refractivity (Wildman–Crippen MR) is 112 cm³/mol. The van der Waals surface area contributed by atoms with Gasteiger partial charge in [-0.1, -0.05) is 71.6 Å². The fourth-order valence-electron chi connectivity index (χ4n) is 3.08. The Labute approximate surface area is 156 Å². The molecule has 24 heavy (non-hydrogen) atoms. The van der Waals surface area contributed by atoms with Gasteiger partial charge in [0.15, 0.2) is 0 Å². The van der Waals surface area contributed by atoms with Crippen molar-refractivity contribution < 1.29 is 0 Å². The maximum atomic E-state index is 5.89. The summed E-state index contributed by atoms with van der Waals surface area (Å²) in [5.74, 6) is 0. The Morgan fingerprint density at radius 2 is 1.50 bits per heavy atom. The molecule has 0 aliphatic carbocycles. The van der Waals surface area contributed by atoms with Crippen LogP contribution in [0.2, 0.25) is 0 Å². The minimum Gasteiger partial charge on any atom is -0.399 e. The number of nitrogens with one attached hydrogen (secondary N) is 1. The Balaban J connectivity index is 0.00000529. The highest BCUT2D eigenvalue weighted by Crippen LogP contribution is 2.20. The van der Waals surface area contributed by atoms with E-state index in [-0.39, 0.29) is 12.4 Å². The van der Waals surface area contributed by atoms with Crippen molar-refractivity contribution in [3.63, 3.8) is 0 Å². The van der Waals surface area contributed by atoms with Crippen molar-refractivity contribution in [2.45, 2.75) is 97.4 Å². The first kappa shape index (κ1) is 23.1. The molecule has 0 saturated carbocycles. The first-order valence-electron chi connectivity index (χ1n) is 9.80. The molecule has 140 valence electrons. The van der Waals surface area contributed by atoms with E-state index in [9.17, 15) is 0 Å². The van der Waals surface area contributed by atoms with Gasteiger partial charge in [-0.25, -0.2) is 0 Å². The lowest BCUT2D eigenvalue weighted by Gasteiger charge is -2.19. The van der Waals surface area contributed by atoms with Crippen LogP contribution in [0.5, 0.6) is 0 Å². The van der Waals surface area contributed by atoms with Gasteiger partial charge >= 0.3 is 0 Å². The molecule has 0 aromatic heterocycles. The van der Waals surface area contributed by atoms with Crippen LogP contribution in [0, 0.1) is 6.92 Å². The van der Waals surface area contributed by atoms with Crippen LogP contribution in [0.15, 0.2) is 18.2 Å². The third-order valence-corrected chi connectivity index (χ3v) is 4.79. The van der Waals surface area contributed by atoms with Crippen molar-refractivity contribution in [3.8, 4) is 0 Å². The SMILES string of the molecule is CCCCCCCCCCCC(CC)Nc1ccc(N)c(C)c1.Cl. The molecule has 0 fully saturated rings. The molecule has 0 aliphatic rings. The van der Waals surface area contributed by atoms with Gasteiger partial charge in [0, 0.05) is 17.4 Å². The lowest BCUT2D eigenvalue weighted by molar-refractivity contribution is 0.530. The Kier molecular flexibility index (Phi) is 13.9. The highest BCUT2D eigenvalue weighted by molar-refractivity contribution is 5.85. The highest BCUT2D eigenvalue weighted by atomic mass is 35.5. The van der Waals surface area contributed by atoms with Crippen LogP contribution >= 0.6 is 12.4 Å². The number of hydrogen-bond donors (Lipinski definition) is 2. The Hall–Kier alpha value is -0.890. The number of benzene rings is 1. The molecule has 0 radical (unpaired) electrons. The molecule has 1 aromatic rings. The molecule has 0 saturated heterocycles. The zero-order valence-corrected chi connectivity index (χ0v) is 16.9. The van der Waals surface area contributed by atoms with Gasteiger partial charge in [-0.15, -0.1) is 12.4 Å². The minimum atomic E-state index is 0. The summed E-state index contributed by atoms with van der Waals surface area (Å²) in [6, 6.07) is 6.85. The van der Waals surface area contributed by atoms with Crippen molar-refractivity contribution in [1.82, 2.24) is 0 Å². The molecule has 0 heterocycles. The van der Waals surface area contributed by atoms with E-state index >= 15 is 0 Å². The molecule has 2 nitrogen and oxygen atoms in total. The summed E-state index contributed by atoms with van der Waals surface area (Å²) in [5.41, 5.74) is 9.13. The molecule has 1 aromatic carbocycles. The average molecular weight is 355 g/mol. The number of nitrogen functional groups attached to an aromatic ring is 1. The maximum Gasteiger partial charge on any atom is 0.0346 e. The molecule has 0 bridgehead atoms. The molecule has 1 unspecified atom stereocenters. The van der Waals surface area contributed by atoms with E-state index in [0.717, 1.165) is 11.3 Å². The molecule has 3 N–H and O–H groups in total. The van der Waals surface area contributed by atoms with Gasteiger partial charge in [-0.3, -0.25) is 0 Å². The monoisotopic (exact) mass is 354 g/mol. The second-order valence-corrected chi connectivity index (χ2v) is 6.94. The van der Waals surface area contributed by atoms with E-state index in [0.29, 0.717) is 6.04 Å². The number of rotatable bonds is 13. The molecule has 3 heteroatoms. The van der Waals surface area contributed by atoms with Gasteiger partial charge < -0.3 is 11.1 Å². The van der Waals surface area contributed by atoms with Crippen molar-refractivity contribution in [3.05, 3.63) is 23.8 Å². The third kappa shape index (κ3) is 10.1. The van der Waals surface area contributed by atoms with Gasteiger partial charge in [0.1, 0.15) is 0 Å². The summed E-state index contributed by atoms with van der Waals surface area (Å²) in [7, 11) is 0. The fraction of sp³-hybridized carbons (Fsp3) is 0.714. The highest BCUT2D eigenvalue weighted by Gasteiger charge is 2.06. The number of anilines is 2. The van der Waals surface area contributed by atoms with Crippen LogP contribution in [0.3, 0.4) is 0 Å². The standard InChI is InChI=1S/C21H38N2.ClH/c1-4-6-7-8-9-10-11-12-13-14-19(5-2)23-20-15-16-21(22)18(3)17-20;/h15-17,19,23H,4-14,22H2,1-3H3;1H. The summed E-state index contributed by atoms with van der Waals surface area (Å²) in [4.78, 5) is 0. The van der Waals surface area contributed by atoms with Crippen LogP contribution < -0.4 is 11.1 Å². The average Bonchev–Trinajstić information content (AvgIpc) is 2.55. The minimum absolute atomic E-state index is 0. The second kappa shape index (κ2) is 14.5. The van der Waals surface area contributed by atoms with E-state index in [1.54, 1.807) is 0 Å². The number of aryl methyl sites for hydroxylation is 1. The topological polar surface area (TPSA) is 38.0 Å². The molecular weight excluding hydrogens is 316 g/mol. The van der Waals surface area contributed by atoms with Crippen molar-refractivity contribution in [2.24, 2.45) is 0 Å². The van der Waals surface area contributed by atoms with Gasteiger partial charge in [-0.05, 0) is 43.5 Å². The van der Waals surface area contributed by atoms with Crippen LogP contribution in [0.25, 0.3) is 0 Å². The van der Waals surface area contributed by atoms with Gasteiger partial charge in [-0.2, -0.15) is 0 Å². The predicted octanol–water partition coefficient (Wildman–Crippen LogP) is 7.11. The van der Waals surface area contributed by atoms with E-state index in [2.05, 4.69) is 38.2 Å². The molecule has 1 rings (SSSR count). The zero-order valence-electron chi connectivity index (χ0n) is 16.1. The largest absolute Gasteiger partial charge is 0.399 e. The van der Waals surface area contributed by atoms with Crippen molar-refractivity contribution >= 4 is 23.8 Å². The van der Waals surface area contributed by atoms with Crippen LogP contribution in [0.4, 0.5) is 11.4 Å². The number of halogens is 1. The molecule has 0 aliphatic heterocycles. The third-order valence-electron chi connectivity index (χ3n) is 4.79. The quantitative estimate of drug-likeness (QED) is 0.292. The fourth-order valence-corrected chi connectivity index (χ4v) is 3.08. The zero-order chi connectivity index (χ0) is 16.9. The molecule has 0 spiro atoms. The summed E-state index contributed by atoms with van der Waals surface area (Å²) in [6.45, 7) is 6.63. The normalized spacial score (nSPS) is 11.8. The first-order valence-corrected chi connectivity index (χ1v) is 9.80. The van der Waals surface area contributed by atoms with E-state index < -0.39 is 0 Å². The Morgan fingerprint density at radius 3 is 2.04 bits per heavy atom. The van der Waals surface area contributed by atoms with Crippen LogP contribution in [-0.4, -0.2) is 6.04 Å². The number of hydrogen-bond acceptors (Lipinski definition) is 2. The summed E-state index contributed by atoms with van der Waals surface area (Å²) >= 11 is 0. The van der Waals surface area contributed by atoms with E-state index in [1.165, 1.54) is 76.3 Å².